The quantitative estimate of drug-likeness (QED) is 0.837. The third-order valence-electron chi connectivity index (χ3n) is 3.31. The van der Waals surface area contributed by atoms with E-state index in [9.17, 15) is 0 Å². The predicted octanol–water partition coefficient (Wildman–Crippen LogP) is 2.06. The average molecular weight is 250 g/mol. The zero-order valence-corrected chi connectivity index (χ0v) is 11.2. The van der Waals surface area contributed by atoms with Crippen molar-refractivity contribution in [1.82, 2.24) is 9.97 Å². The number of nitrogens with one attached hydrogen (secondary N) is 2. The number of hydrogen-bond acceptors (Lipinski definition) is 5. The van der Waals surface area contributed by atoms with Crippen LogP contribution in [0, 0.1) is 0 Å². The second-order valence-corrected chi connectivity index (χ2v) is 4.52. The van der Waals surface area contributed by atoms with Gasteiger partial charge in [-0.2, -0.15) is 0 Å². The molecule has 1 atom stereocenters. The lowest BCUT2D eigenvalue weighted by atomic mass is 10.1. The Bertz CT molecular complexity index is 377. The molecule has 2 heterocycles. The molecular formula is C13H22N4O. The molecule has 0 bridgehead atoms. The van der Waals surface area contributed by atoms with Gasteiger partial charge in [-0.15, -0.1) is 0 Å². The van der Waals surface area contributed by atoms with E-state index in [4.69, 9.17) is 4.74 Å². The highest BCUT2D eigenvalue weighted by Crippen LogP contribution is 2.20. The summed E-state index contributed by atoms with van der Waals surface area (Å²) in [6.45, 7) is 3.83. The van der Waals surface area contributed by atoms with Gasteiger partial charge in [0.15, 0.2) is 0 Å². The van der Waals surface area contributed by atoms with Crippen LogP contribution in [0.4, 0.5) is 11.6 Å². The Morgan fingerprint density at radius 3 is 2.83 bits per heavy atom. The van der Waals surface area contributed by atoms with Gasteiger partial charge in [-0.1, -0.05) is 6.92 Å². The maximum atomic E-state index is 5.71. The highest BCUT2D eigenvalue weighted by atomic mass is 16.5. The summed E-state index contributed by atoms with van der Waals surface area (Å²) in [6.07, 6.45) is 6.40. The van der Waals surface area contributed by atoms with Gasteiger partial charge in [-0.3, -0.25) is 0 Å². The fraction of sp³-hybridized carbons (Fsp3) is 0.692. The molecule has 5 nitrogen and oxygen atoms in total. The van der Waals surface area contributed by atoms with Gasteiger partial charge in [-0.05, 0) is 25.7 Å². The van der Waals surface area contributed by atoms with Crippen molar-refractivity contribution in [3.05, 3.63) is 11.9 Å². The van der Waals surface area contributed by atoms with E-state index in [1.54, 1.807) is 6.33 Å². The van der Waals surface area contributed by atoms with E-state index in [0.29, 0.717) is 6.10 Å². The van der Waals surface area contributed by atoms with E-state index < -0.39 is 0 Å². The molecular weight excluding hydrogens is 228 g/mol. The smallest absolute Gasteiger partial charge is 0.134 e. The van der Waals surface area contributed by atoms with Crippen LogP contribution in [0.25, 0.3) is 0 Å². The molecule has 1 aromatic rings. The van der Waals surface area contributed by atoms with Crippen LogP contribution in [0.1, 0.15) is 31.7 Å². The van der Waals surface area contributed by atoms with Crippen LogP contribution in [0.15, 0.2) is 6.33 Å². The molecule has 1 aliphatic heterocycles. The predicted molar refractivity (Wildman–Crippen MR) is 73.0 cm³/mol. The molecule has 1 saturated heterocycles. The molecule has 0 spiro atoms. The summed E-state index contributed by atoms with van der Waals surface area (Å²) >= 11 is 0. The van der Waals surface area contributed by atoms with E-state index in [2.05, 4.69) is 27.5 Å². The first-order valence-corrected chi connectivity index (χ1v) is 6.72. The van der Waals surface area contributed by atoms with Crippen molar-refractivity contribution in [3.63, 3.8) is 0 Å². The summed E-state index contributed by atoms with van der Waals surface area (Å²) < 4.78 is 5.71. The van der Waals surface area contributed by atoms with Gasteiger partial charge >= 0.3 is 0 Å². The highest BCUT2D eigenvalue weighted by Gasteiger charge is 2.15. The summed E-state index contributed by atoms with van der Waals surface area (Å²) in [4.78, 5) is 8.55. The fourth-order valence-corrected chi connectivity index (χ4v) is 2.29. The van der Waals surface area contributed by atoms with Gasteiger partial charge in [0.05, 0.1) is 6.10 Å². The average Bonchev–Trinajstić information content (AvgIpc) is 2.45. The molecule has 1 aromatic heterocycles. The molecule has 2 N–H and O–H groups in total. The first kappa shape index (κ1) is 13.1. The van der Waals surface area contributed by atoms with Gasteiger partial charge in [-0.25, -0.2) is 9.97 Å². The minimum absolute atomic E-state index is 0.316. The van der Waals surface area contributed by atoms with Crippen molar-refractivity contribution in [1.29, 1.82) is 0 Å². The van der Waals surface area contributed by atoms with Crippen molar-refractivity contribution >= 4 is 11.6 Å². The van der Waals surface area contributed by atoms with Crippen LogP contribution in [0.3, 0.4) is 0 Å². The topological polar surface area (TPSA) is 59.1 Å². The molecule has 18 heavy (non-hydrogen) atoms. The normalized spacial score (nSPS) is 19.6. The standard InChI is InChI=1S/C13H22N4O/c1-3-11-12(14-2)16-9-17-13(11)15-8-10-6-4-5-7-18-10/h9-10H,3-8H2,1-2H3,(H2,14,15,16,17). The molecule has 5 heteroatoms. The number of ether oxygens (including phenoxy) is 1. The second-order valence-electron chi connectivity index (χ2n) is 4.52. The SMILES string of the molecule is CCc1c(NC)ncnc1NCC1CCCCO1. The minimum atomic E-state index is 0.316. The van der Waals surface area contributed by atoms with Crippen LogP contribution in [-0.2, 0) is 11.2 Å². The number of hydrogen-bond donors (Lipinski definition) is 2. The number of nitrogens with zero attached hydrogens (tertiary/aromatic N) is 2. The third-order valence-corrected chi connectivity index (χ3v) is 3.31. The monoisotopic (exact) mass is 250 g/mol. The van der Waals surface area contributed by atoms with Crippen molar-refractivity contribution in [3.8, 4) is 0 Å². The summed E-state index contributed by atoms with van der Waals surface area (Å²) in [5.74, 6) is 1.82. The van der Waals surface area contributed by atoms with E-state index in [1.165, 1.54) is 12.8 Å². The second kappa shape index (κ2) is 6.54. The Hall–Kier alpha value is -1.36. The molecule has 1 aliphatic rings. The lowest BCUT2D eigenvalue weighted by Gasteiger charge is -2.23. The summed E-state index contributed by atoms with van der Waals surface area (Å²) in [5, 5.41) is 6.49. The Morgan fingerprint density at radius 2 is 2.17 bits per heavy atom. The van der Waals surface area contributed by atoms with Crippen molar-refractivity contribution in [2.45, 2.75) is 38.7 Å². The maximum Gasteiger partial charge on any atom is 0.134 e. The molecule has 0 aliphatic carbocycles. The van der Waals surface area contributed by atoms with Gasteiger partial charge in [0.1, 0.15) is 18.0 Å². The molecule has 0 amide bonds. The number of rotatable bonds is 5. The Balaban J connectivity index is 1.99. The molecule has 1 fully saturated rings. The first-order valence-electron chi connectivity index (χ1n) is 6.72. The van der Waals surface area contributed by atoms with Crippen molar-refractivity contribution in [2.75, 3.05) is 30.8 Å². The Kier molecular flexibility index (Phi) is 4.75. The van der Waals surface area contributed by atoms with Crippen molar-refractivity contribution < 1.29 is 4.74 Å². The number of anilines is 2. The lowest BCUT2D eigenvalue weighted by molar-refractivity contribution is 0.0247. The molecule has 0 radical (unpaired) electrons. The Morgan fingerprint density at radius 1 is 1.33 bits per heavy atom. The van der Waals surface area contributed by atoms with E-state index in [0.717, 1.165) is 43.2 Å². The van der Waals surface area contributed by atoms with Crippen LogP contribution in [0.2, 0.25) is 0 Å². The van der Waals surface area contributed by atoms with E-state index >= 15 is 0 Å². The maximum absolute atomic E-state index is 5.71. The van der Waals surface area contributed by atoms with Gasteiger partial charge in [0.25, 0.3) is 0 Å². The molecule has 1 unspecified atom stereocenters. The molecule has 0 saturated carbocycles. The third kappa shape index (κ3) is 3.10. The summed E-state index contributed by atoms with van der Waals surface area (Å²) in [6, 6.07) is 0. The zero-order valence-electron chi connectivity index (χ0n) is 11.2. The molecule has 100 valence electrons. The first-order chi connectivity index (χ1) is 8.85. The largest absolute Gasteiger partial charge is 0.376 e. The lowest BCUT2D eigenvalue weighted by Crippen LogP contribution is -2.27. The zero-order chi connectivity index (χ0) is 12.8. The molecule has 2 rings (SSSR count). The van der Waals surface area contributed by atoms with Gasteiger partial charge in [0.2, 0.25) is 0 Å². The van der Waals surface area contributed by atoms with Crippen LogP contribution < -0.4 is 10.6 Å². The molecule has 0 aromatic carbocycles. The number of aromatic nitrogens is 2. The summed E-state index contributed by atoms with van der Waals surface area (Å²) in [5.41, 5.74) is 1.14. The van der Waals surface area contributed by atoms with Gasteiger partial charge in [0, 0.05) is 25.8 Å². The summed E-state index contributed by atoms with van der Waals surface area (Å²) in [7, 11) is 1.88. The van der Waals surface area contributed by atoms with E-state index in [-0.39, 0.29) is 0 Å². The van der Waals surface area contributed by atoms with Gasteiger partial charge < -0.3 is 15.4 Å². The highest BCUT2D eigenvalue weighted by molar-refractivity contribution is 5.57. The van der Waals surface area contributed by atoms with Crippen LogP contribution in [-0.4, -0.2) is 36.3 Å². The van der Waals surface area contributed by atoms with Crippen LogP contribution in [0.5, 0.6) is 0 Å². The van der Waals surface area contributed by atoms with Crippen molar-refractivity contribution in [2.24, 2.45) is 0 Å². The van der Waals surface area contributed by atoms with E-state index in [1.807, 2.05) is 7.05 Å². The van der Waals surface area contributed by atoms with Crippen LogP contribution >= 0.6 is 0 Å². The fourth-order valence-electron chi connectivity index (χ4n) is 2.29. The Labute approximate surface area is 108 Å². The minimum Gasteiger partial charge on any atom is -0.376 e.